The van der Waals surface area contributed by atoms with E-state index in [-0.39, 0.29) is 11.9 Å². The van der Waals surface area contributed by atoms with Crippen LogP contribution in [0.15, 0.2) is 36.5 Å². The van der Waals surface area contributed by atoms with E-state index < -0.39 is 5.60 Å². The van der Waals surface area contributed by atoms with Crippen molar-refractivity contribution in [3.05, 3.63) is 53.3 Å². The number of carbonyl (C=O) groups is 1. The molecule has 188 valence electrons. The van der Waals surface area contributed by atoms with Crippen molar-refractivity contribution < 1.29 is 9.90 Å². The van der Waals surface area contributed by atoms with E-state index in [1.54, 1.807) is 13.8 Å². The van der Waals surface area contributed by atoms with Crippen molar-refractivity contribution in [1.82, 2.24) is 24.1 Å². The van der Waals surface area contributed by atoms with E-state index in [2.05, 4.69) is 17.6 Å². The molecule has 1 aliphatic carbocycles. The molecule has 8 heteroatoms. The Morgan fingerprint density at radius 2 is 2.00 bits per heavy atom. The summed E-state index contributed by atoms with van der Waals surface area (Å²) in [5.74, 6) is 0.650. The normalized spacial score (nSPS) is 18.9. The second kappa shape index (κ2) is 8.42. The van der Waals surface area contributed by atoms with Gasteiger partial charge in [-0.1, -0.05) is 0 Å². The molecule has 1 unspecified atom stereocenters. The molecule has 3 N–H and O–H groups in total. The summed E-state index contributed by atoms with van der Waals surface area (Å²) in [7, 11) is 0. The van der Waals surface area contributed by atoms with Gasteiger partial charge in [0.25, 0.3) is 5.91 Å². The molecule has 2 fully saturated rings. The second-order valence-electron chi connectivity index (χ2n) is 11.1. The Labute approximate surface area is 210 Å². The first-order chi connectivity index (χ1) is 17.2. The fourth-order valence-electron chi connectivity index (χ4n) is 5.33. The fourth-order valence-corrected chi connectivity index (χ4v) is 5.33. The average molecular weight is 487 g/mol. The second-order valence-corrected chi connectivity index (χ2v) is 11.1. The molecule has 1 saturated heterocycles. The highest BCUT2D eigenvalue weighted by molar-refractivity contribution is 5.94. The van der Waals surface area contributed by atoms with Crippen molar-refractivity contribution in [2.24, 2.45) is 11.7 Å². The number of hydrogen-bond donors (Lipinski definition) is 2. The number of aliphatic hydroxyl groups is 1. The van der Waals surface area contributed by atoms with Gasteiger partial charge in [-0.15, -0.1) is 0 Å². The number of nitrogens with zero attached hydrogens (tertiary/aromatic N) is 5. The van der Waals surface area contributed by atoms with Crippen molar-refractivity contribution >= 4 is 22.5 Å². The lowest BCUT2D eigenvalue weighted by atomic mass is 10.0. The van der Waals surface area contributed by atoms with Crippen molar-refractivity contribution in [1.29, 1.82) is 0 Å². The van der Waals surface area contributed by atoms with Crippen molar-refractivity contribution in [2.45, 2.75) is 64.6 Å². The third-order valence-corrected chi connectivity index (χ3v) is 7.62. The van der Waals surface area contributed by atoms with E-state index in [9.17, 15) is 9.90 Å². The first kappa shape index (κ1) is 23.2. The van der Waals surface area contributed by atoms with Gasteiger partial charge in [-0.2, -0.15) is 5.10 Å². The molecule has 8 nitrogen and oxygen atoms in total. The zero-order chi connectivity index (χ0) is 25.2. The standard InChI is InChI=1S/C28H34N6O2/c1-17-22-10-8-20(27(35)32-12-4-5-21(29)16-32)15-34(22)31-25(17)23-13-19-9-11-24(28(2,3)36)30-26(19)33(23)14-18-6-7-18/h8-11,13,15,18,21,36H,4-7,12,14,16,29H2,1-3H3. The van der Waals surface area contributed by atoms with Crippen molar-refractivity contribution in [2.75, 3.05) is 13.1 Å². The van der Waals surface area contributed by atoms with Gasteiger partial charge in [-0.25, -0.2) is 9.50 Å². The minimum atomic E-state index is -1.01. The van der Waals surface area contributed by atoms with Crippen LogP contribution in [0, 0.1) is 12.8 Å². The number of nitrogens with two attached hydrogens (primary N) is 1. The van der Waals surface area contributed by atoms with E-state index in [0.29, 0.717) is 23.7 Å². The van der Waals surface area contributed by atoms with Gasteiger partial charge in [0.2, 0.25) is 0 Å². The minimum absolute atomic E-state index is 0.00736. The van der Waals surface area contributed by atoms with Gasteiger partial charge in [0.1, 0.15) is 16.9 Å². The van der Waals surface area contributed by atoms with Gasteiger partial charge in [-0.05, 0) is 82.7 Å². The quantitative estimate of drug-likeness (QED) is 0.446. The molecule has 1 saturated carbocycles. The molecule has 5 heterocycles. The lowest BCUT2D eigenvalue weighted by molar-refractivity contribution is 0.0707. The number of likely N-dealkylation sites (tertiary alicyclic amines) is 1. The van der Waals surface area contributed by atoms with E-state index in [4.69, 9.17) is 15.8 Å². The third-order valence-electron chi connectivity index (χ3n) is 7.62. The Morgan fingerprint density at radius 3 is 2.72 bits per heavy atom. The van der Waals surface area contributed by atoms with Crippen LogP contribution in [0.1, 0.15) is 61.1 Å². The lowest BCUT2D eigenvalue weighted by Gasteiger charge is -2.30. The van der Waals surface area contributed by atoms with Gasteiger partial charge in [-0.3, -0.25) is 4.79 Å². The predicted octanol–water partition coefficient (Wildman–Crippen LogP) is 3.86. The van der Waals surface area contributed by atoms with Gasteiger partial charge < -0.3 is 20.3 Å². The molecule has 2 aliphatic rings. The fraction of sp³-hybridized carbons (Fsp3) is 0.464. The molecule has 1 amide bonds. The molecular formula is C28H34N6O2. The van der Waals surface area contributed by atoms with Crippen LogP contribution in [0.3, 0.4) is 0 Å². The maximum Gasteiger partial charge on any atom is 0.255 e. The Bertz CT molecular complexity index is 1470. The highest BCUT2D eigenvalue weighted by atomic mass is 16.3. The van der Waals surface area contributed by atoms with Crippen LogP contribution in [0.4, 0.5) is 0 Å². The number of piperidine rings is 1. The van der Waals surface area contributed by atoms with Gasteiger partial charge >= 0.3 is 0 Å². The number of amides is 1. The molecule has 36 heavy (non-hydrogen) atoms. The summed E-state index contributed by atoms with van der Waals surface area (Å²) in [6.45, 7) is 7.83. The molecule has 0 bridgehead atoms. The molecule has 6 rings (SSSR count). The summed E-state index contributed by atoms with van der Waals surface area (Å²) in [5.41, 5.74) is 11.2. The van der Waals surface area contributed by atoms with Crippen LogP contribution < -0.4 is 5.73 Å². The van der Waals surface area contributed by atoms with Crippen LogP contribution in [0.5, 0.6) is 0 Å². The largest absolute Gasteiger partial charge is 0.384 e. The number of fused-ring (bicyclic) bond motifs is 2. The first-order valence-corrected chi connectivity index (χ1v) is 13.0. The third kappa shape index (κ3) is 4.08. The summed E-state index contributed by atoms with van der Waals surface area (Å²) in [5, 5.41) is 16.5. The molecular weight excluding hydrogens is 452 g/mol. The topological polar surface area (TPSA) is 102 Å². The number of pyridine rings is 2. The van der Waals surface area contributed by atoms with Crippen LogP contribution in [-0.2, 0) is 12.1 Å². The van der Waals surface area contributed by atoms with Crippen molar-refractivity contribution in [3.63, 3.8) is 0 Å². The summed E-state index contributed by atoms with van der Waals surface area (Å²) >= 11 is 0. The summed E-state index contributed by atoms with van der Waals surface area (Å²) in [6.07, 6.45) is 6.19. The van der Waals surface area contributed by atoms with Crippen LogP contribution in [0.2, 0.25) is 0 Å². The zero-order valence-corrected chi connectivity index (χ0v) is 21.2. The number of hydrogen-bond acceptors (Lipinski definition) is 5. The molecule has 1 atom stereocenters. The van der Waals surface area contributed by atoms with Crippen molar-refractivity contribution in [3.8, 4) is 11.4 Å². The lowest BCUT2D eigenvalue weighted by Crippen LogP contribution is -2.45. The van der Waals surface area contributed by atoms with Crippen LogP contribution in [-0.4, -0.2) is 54.2 Å². The Hall–Kier alpha value is -3.23. The SMILES string of the molecule is Cc1c(-c2cc3ccc(C(C)(C)O)nc3n2CC2CC2)nn2cc(C(=O)N3CCCC(N)C3)ccc12. The molecule has 4 aromatic heterocycles. The molecule has 0 spiro atoms. The van der Waals surface area contributed by atoms with E-state index in [1.807, 2.05) is 39.9 Å². The summed E-state index contributed by atoms with van der Waals surface area (Å²) in [6, 6.07) is 10.0. The number of aryl methyl sites for hydroxylation is 1. The first-order valence-electron chi connectivity index (χ1n) is 13.0. The van der Waals surface area contributed by atoms with Crippen LogP contribution in [0.25, 0.3) is 27.9 Å². The van der Waals surface area contributed by atoms with Gasteiger partial charge in [0.15, 0.2) is 0 Å². The zero-order valence-electron chi connectivity index (χ0n) is 21.2. The monoisotopic (exact) mass is 486 g/mol. The van der Waals surface area contributed by atoms with Crippen LogP contribution >= 0.6 is 0 Å². The Balaban J connectivity index is 1.43. The maximum atomic E-state index is 13.2. The van der Waals surface area contributed by atoms with E-state index in [1.165, 1.54) is 12.8 Å². The van der Waals surface area contributed by atoms with E-state index >= 15 is 0 Å². The number of carbonyl (C=O) groups excluding carboxylic acids is 1. The maximum absolute atomic E-state index is 13.2. The predicted molar refractivity (Wildman–Crippen MR) is 140 cm³/mol. The molecule has 0 aromatic carbocycles. The van der Waals surface area contributed by atoms with Gasteiger partial charge in [0, 0.05) is 42.8 Å². The Morgan fingerprint density at radius 1 is 1.19 bits per heavy atom. The number of rotatable bonds is 5. The van der Waals surface area contributed by atoms with E-state index in [0.717, 1.165) is 59.4 Å². The smallest absolute Gasteiger partial charge is 0.255 e. The molecule has 1 aliphatic heterocycles. The minimum Gasteiger partial charge on any atom is -0.384 e. The van der Waals surface area contributed by atoms with Gasteiger partial charge in [0.05, 0.1) is 22.5 Å². The molecule has 0 radical (unpaired) electrons. The number of aromatic nitrogens is 4. The summed E-state index contributed by atoms with van der Waals surface area (Å²) < 4.78 is 4.09. The average Bonchev–Trinajstić information content (AvgIpc) is 3.52. The molecule has 4 aromatic rings. The highest BCUT2D eigenvalue weighted by Gasteiger charge is 2.28. The Kier molecular flexibility index (Phi) is 5.42. The highest BCUT2D eigenvalue weighted by Crippen LogP contribution is 2.37. The summed E-state index contributed by atoms with van der Waals surface area (Å²) in [4.78, 5) is 19.9.